The van der Waals surface area contributed by atoms with Crippen molar-refractivity contribution in [3.05, 3.63) is 62.7 Å². The van der Waals surface area contributed by atoms with E-state index in [9.17, 15) is 9.90 Å². The Balaban J connectivity index is 1.34. The first-order valence-electron chi connectivity index (χ1n) is 11.6. The second-order valence-electron chi connectivity index (χ2n) is 9.16. The molecule has 0 amide bonds. The van der Waals surface area contributed by atoms with Crippen molar-refractivity contribution in [2.24, 2.45) is 0 Å². The number of likely N-dealkylation sites (tertiary alicyclic amines) is 1. The van der Waals surface area contributed by atoms with Crippen molar-refractivity contribution < 1.29 is 9.52 Å². The molecule has 2 saturated heterocycles. The highest BCUT2D eigenvalue weighted by atomic mass is 16.4. The highest BCUT2D eigenvalue weighted by molar-refractivity contribution is 5.30. The quantitative estimate of drug-likeness (QED) is 0.767. The third kappa shape index (κ3) is 5.76. The molecule has 0 spiro atoms. The van der Waals surface area contributed by atoms with Gasteiger partial charge in [0.25, 0.3) is 0 Å². The van der Waals surface area contributed by atoms with E-state index < -0.39 is 0 Å². The van der Waals surface area contributed by atoms with Gasteiger partial charge in [-0.3, -0.25) is 19.5 Å². The number of aryl methyl sites for hydroxylation is 2. The minimum atomic E-state index is -0.332. The van der Waals surface area contributed by atoms with Crippen LogP contribution in [0.3, 0.4) is 0 Å². The van der Waals surface area contributed by atoms with E-state index in [0.29, 0.717) is 24.6 Å². The molecule has 6 heteroatoms. The summed E-state index contributed by atoms with van der Waals surface area (Å²) >= 11 is 0. The lowest BCUT2D eigenvalue weighted by Gasteiger charge is -2.34. The standard InChI is InChI=1S/C25H35N3O3/c1-19-6-7-21(14-20(19)2)16-27-10-12-28(13-11-27)18-24-25(30)23(29)15-22(31-24)17-26-8-4-3-5-9-26/h6-7,14-15,30H,3-5,8-13,16-18H2,1-2H3. The first-order chi connectivity index (χ1) is 15.0. The maximum Gasteiger partial charge on any atom is 0.227 e. The van der Waals surface area contributed by atoms with Crippen molar-refractivity contribution >= 4 is 0 Å². The number of hydrogen-bond donors (Lipinski definition) is 1. The second kappa shape index (κ2) is 9.98. The van der Waals surface area contributed by atoms with Crippen molar-refractivity contribution in [1.82, 2.24) is 14.7 Å². The lowest BCUT2D eigenvalue weighted by Crippen LogP contribution is -2.45. The Bertz CT molecular complexity index is 942. The average Bonchev–Trinajstić information content (AvgIpc) is 2.76. The molecule has 0 radical (unpaired) electrons. The summed E-state index contributed by atoms with van der Waals surface area (Å²) in [5, 5.41) is 10.3. The Kier molecular flexibility index (Phi) is 7.10. The number of nitrogens with zero attached hydrogens (tertiary/aromatic N) is 3. The van der Waals surface area contributed by atoms with E-state index in [1.54, 1.807) is 0 Å². The number of benzene rings is 1. The van der Waals surface area contributed by atoms with Gasteiger partial charge in [0.15, 0.2) is 5.76 Å². The summed E-state index contributed by atoms with van der Waals surface area (Å²) in [6.07, 6.45) is 3.67. The van der Waals surface area contributed by atoms with Gasteiger partial charge in [0.1, 0.15) is 5.76 Å². The zero-order valence-electron chi connectivity index (χ0n) is 18.9. The van der Waals surface area contributed by atoms with Crippen LogP contribution in [-0.4, -0.2) is 59.1 Å². The van der Waals surface area contributed by atoms with Crippen molar-refractivity contribution in [1.29, 1.82) is 0 Å². The molecule has 168 valence electrons. The Morgan fingerprint density at radius 3 is 2.13 bits per heavy atom. The number of rotatable bonds is 6. The minimum absolute atomic E-state index is 0.236. The molecule has 2 aromatic rings. The van der Waals surface area contributed by atoms with E-state index in [1.165, 1.54) is 42.0 Å². The summed E-state index contributed by atoms with van der Waals surface area (Å²) in [5.74, 6) is 0.829. The molecule has 31 heavy (non-hydrogen) atoms. The molecule has 0 bridgehead atoms. The third-order valence-electron chi connectivity index (χ3n) is 6.68. The van der Waals surface area contributed by atoms with Crippen LogP contribution in [0.15, 0.2) is 33.5 Å². The molecule has 2 fully saturated rings. The second-order valence-corrected chi connectivity index (χ2v) is 9.16. The molecule has 0 unspecified atom stereocenters. The van der Waals surface area contributed by atoms with E-state index in [1.807, 2.05) is 0 Å². The lowest BCUT2D eigenvalue weighted by molar-refractivity contribution is 0.112. The number of piperazine rings is 1. The fraction of sp³-hybridized carbons (Fsp3) is 0.560. The minimum Gasteiger partial charge on any atom is -0.502 e. The summed E-state index contributed by atoms with van der Waals surface area (Å²) in [7, 11) is 0. The smallest absolute Gasteiger partial charge is 0.227 e. The van der Waals surface area contributed by atoms with Crippen molar-refractivity contribution in [2.75, 3.05) is 39.3 Å². The van der Waals surface area contributed by atoms with Crippen LogP contribution in [0, 0.1) is 13.8 Å². The van der Waals surface area contributed by atoms with Gasteiger partial charge >= 0.3 is 0 Å². The Morgan fingerprint density at radius 1 is 0.806 bits per heavy atom. The molecule has 0 aliphatic carbocycles. The van der Waals surface area contributed by atoms with E-state index in [4.69, 9.17) is 4.42 Å². The monoisotopic (exact) mass is 425 g/mol. The van der Waals surface area contributed by atoms with Crippen molar-refractivity contribution in [2.45, 2.75) is 52.7 Å². The molecule has 6 nitrogen and oxygen atoms in total. The van der Waals surface area contributed by atoms with Gasteiger partial charge in [-0.25, -0.2) is 0 Å². The molecular weight excluding hydrogens is 390 g/mol. The topological polar surface area (TPSA) is 60.2 Å². The molecule has 2 aliphatic rings. The lowest BCUT2D eigenvalue weighted by atomic mass is 10.1. The number of piperidine rings is 1. The highest BCUT2D eigenvalue weighted by Crippen LogP contribution is 2.20. The predicted octanol–water partition coefficient (Wildman–Crippen LogP) is 3.27. The number of aromatic hydroxyl groups is 1. The molecule has 1 N–H and O–H groups in total. The van der Waals surface area contributed by atoms with E-state index >= 15 is 0 Å². The zero-order valence-corrected chi connectivity index (χ0v) is 18.9. The average molecular weight is 426 g/mol. The van der Waals surface area contributed by atoms with Gasteiger partial charge in [0, 0.05) is 38.8 Å². The highest BCUT2D eigenvalue weighted by Gasteiger charge is 2.21. The van der Waals surface area contributed by atoms with Gasteiger partial charge in [-0.1, -0.05) is 24.6 Å². The van der Waals surface area contributed by atoms with Crippen molar-refractivity contribution in [3.63, 3.8) is 0 Å². The van der Waals surface area contributed by atoms with Gasteiger partial charge in [-0.15, -0.1) is 0 Å². The maximum absolute atomic E-state index is 12.3. The molecule has 0 saturated carbocycles. The number of hydrogen-bond acceptors (Lipinski definition) is 6. The summed E-state index contributed by atoms with van der Waals surface area (Å²) in [4.78, 5) is 19.3. The molecule has 0 atom stereocenters. The molecular formula is C25H35N3O3. The van der Waals surface area contributed by atoms with Crippen LogP contribution in [0.4, 0.5) is 0 Å². The van der Waals surface area contributed by atoms with Gasteiger partial charge in [-0.05, 0) is 56.5 Å². The van der Waals surface area contributed by atoms with Crippen LogP contribution in [0.5, 0.6) is 5.75 Å². The summed E-state index contributed by atoms with van der Waals surface area (Å²) < 4.78 is 5.99. The molecule has 1 aromatic heterocycles. The van der Waals surface area contributed by atoms with Crippen LogP contribution >= 0.6 is 0 Å². The molecule has 4 rings (SSSR count). The molecule has 3 heterocycles. The molecule has 1 aromatic carbocycles. The Morgan fingerprint density at radius 2 is 1.45 bits per heavy atom. The fourth-order valence-corrected chi connectivity index (χ4v) is 4.58. The van der Waals surface area contributed by atoms with Crippen LogP contribution in [0.1, 0.15) is 47.5 Å². The van der Waals surface area contributed by atoms with E-state index in [-0.39, 0.29) is 11.2 Å². The first kappa shape index (κ1) is 22.1. The van der Waals surface area contributed by atoms with Gasteiger partial charge in [-0.2, -0.15) is 0 Å². The van der Waals surface area contributed by atoms with Crippen LogP contribution in [0.2, 0.25) is 0 Å². The first-order valence-corrected chi connectivity index (χ1v) is 11.6. The third-order valence-corrected chi connectivity index (χ3v) is 6.68. The Labute approximate surface area is 185 Å². The molecule has 2 aliphatic heterocycles. The fourth-order valence-electron chi connectivity index (χ4n) is 4.58. The van der Waals surface area contributed by atoms with E-state index in [0.717, 1.165) is 45.8 Å². The summed E-state index contributed by atoms with van der Waals surface area (Å²) in [6, 6.07) is 8.15. The van der Waals surface area contributed by atoms with Crippen LogP contribution < -0.4 is 5.43 Å². The normalized spacial score (nSPS) is 19.0. The van der Waals surface area contributed by atoms with Gasteiger partial charge in [0.2, 0.25) is 11.2 Å². The van der Waals surface area contributed by atoms with Gasteiger partial charge in [0.05, 0.1) is 13.1 Å². The van der Waals surface area contributed by atoms with Crippen LogP contribution in [-0.2, 0) is 19.6 Å². The van der Waals surface area contributed by atoms with Crippen LogP contribution in [0.25, 0.3) is 0 Å². The SMILES string of the molecule is Cc1ccc(CN2CCN(Cc3oc(CN4CCCCC4)cc(=O)c3O)CC2)cc1C. The van der Waals surface area contributed by atoms with Gasteiger partial charge < -0.3 is 9.52 Å². The van der Waals surface area contributed by atoms with E-state index in [2.05, 4.69) is 46.7 Å². The predicted molar refractivity (Wildman–Crippen MR) is 122 cm³/mol. The maximum atomic E-state index is 12.3. The van der Waals surface area contributed by atoms with Crippen molar-refractivity contribution in [3.8, 4) is 5.75 Å². The summed E-state index contributed by atoms with van der Waals surface area (Å²) in [6.45, 7) is 12.2. The Hall–Kier alpha value is -2.15. The largest absolute Gasteiger partial charge is 0.502 e. The zero-order chi connectivity index (χ0) is 21.8. The summed E-state index contributed by atoms with van der Waals surface area (Å²) in [5.41, 5.74) is 3.69.